The third-order valence-electron chi connectivity index (χ3n) is 5.74. The molecule has 2 aromatic carbocycles. The Morgan fingerprint density at radius 1 is 0.903 bits per heavy atom. The monoisotopic (exact) mass is 416 g/mol. The Labute approximate surface area is 183 Å². The molecule has 0 aliphatic carbocycles. The Morgan fingerprint density at radius 3 is 2.23 bits per heavy atom. The topological polar surface area (TPSA) is 58.6 Å². The minimum absolute atomic E-state index is 0.205. The average molecular weight is 417 g/mol. The van der Waals surface area contributed by atoms with Crippen LogP contribution in [0.2, 0.25) is 0 Å². The number of rotatable bonds is 6. The van der Waals surface area contributed by atoms with Gasteiger partial charge in [-0.1, -0.05) is 42.0 Å². The summed E-state index contributed by atoms with van der Waals surface area (Å²) in [4.78, 5) is 16.8. The molecule has 4 rings (SSSR count). The number of carbonyl (C=O) groups excluding carboxylic acids is 1. The number of hydrogen-bond acceptors (Lipinski definition) is 5. The predicted octanol–water partition coefficient (Wildman–Crippen LogP) is 3.74. The highest BCUT2D eigenvalue weighted by Gasteiger charge is 2.22. The number of carbonyl (C=O) groups is 1. The number of methoxy groups -OCH3 is 1. The van der Waals surface area contributed by atoms with Crippen LogP contribution in [-0.2, 0) is 11.2 Å². The summed E-state index contributed by atoms with van der Waals surface area (Å²) in [6.45, 7) is 5.04. The summed E-state index contributed by atoms with van der Waals surface area (Å²) in [6, 6.07) is 20.2. The standard InChI is InChI=1S/C25H28N4O2/c1-19-3-8-21(9-4-19)23-12-13-24(27-26-23)28-15-17-29(18-16-28)25(30)14-7-20-5-10-22(31-2)11-6-20/h3-6,8-13H,7,14-18H2,1-2H3. The first-order valence-electron chi connectivity index (χ1n) is 10.7. The quantitative estimate of drug-likeness (QED) is 0.613. The average Bonchev–Trinajstić information content (AvgIpc) is 2.83. The van der Waals surface area contributed by atoms with Gasteiger partial charge in [0.05, 0.1) is 12.8 Å². The summed E-state index contributed by atoms with van der Waals surface area (Å²) < 4.78 is 5.18. The molecule has 0 N–H and O–H groups in total. The Morgan fingerprint density at radius 2 is 1.61 bits per heavy atom. The van der Waals surface area contributed by atoms with E-state index in [1.54, 1.807) is 7.11 Å². The lowest BCUT2D eigenvalue weighted by atomic mass is 10.1. The summed E-state index contributed by atoms with van der Waals surface area (Å²) in [5.41, 5.74) is 4.31. The van der Waals surface area contributed by atoms with Crippen LogP contribution in [-0.4, -0.2) is 54.3 Å². The van der Waals surface area contributed by atoms with Crippen molar-refractivity contribution in [3.8, 4) is 17.0 Å². The minimum Gasteiger partial charge on any atom is -0.497 e. The van der Waals surface area contributed by atoms with Crippen LogP contribution in [0.25, 0.3) is 11.3 Å². The van der Waals surface area contributed by atoms with Crippen molar-refractivity contribution in [3.63, 3.8) is 0 Å². The lowest BCUT2D eigenvalue weighted by Crippen LogP contribution is -2.49. The zero-order valence-corrected chi connectivity index (χ0v) is 18.1. The second kappa shape index (κ2) is 9.60. The molecule has 1 aliphatic heterocycles. The lowest BCUT2D eigenvalue weighted by Gasteiger charge is -2.35. The molecule has 3 aromatic rings. The van der Waals surface area contributed by atoms with E-state index in [4.69, 9.17) is 4.74 Å². The molecule has 6 nitrogen and oxygen atoms in total. The maximum Gasteiger partial charge on any atom is 0.223 e. The molecule has 0 unspecified atom stereocenters. The van der Waals surface area contributed by atoms with Crippen molar-refractivity contribution in [2.45, 2.75) is 19.8 Å². The molecule has 1 amide bonds. The first-order valence-corrected chi connectivity index (χ1v) is 10.7. The van der Waals surface area contributed by atoms with Crippen LogP contribution in [0.4, 0.5) is 5.82 Å². The Balaban J connectivity index is 1.27. The summed E-state index contributed by atoms with van der Waals surface area (Å²) in [5.74, 6) is 1.90. The van der Waals surface area contributed by atoms with Crippen LogP contribution in [0, 0.1) is 6.92 Å². The van der Waals surface area contributed by atoms with Gasteiger partial charge in [-0.25, -0.2) is 0 Å². The number of ether oxygens (including phenoxy) is 1. The summed E-state index contributed by atoms with van der Waals surface area (Å²) in [7, 11) is 1.65. The molecule has 2 heterocycles. The SMILES string of the molecule is COc1ccc(CCC(=O)N2CCN(c3ccc(-c4ccc(C)cc4)nn3)CC2)cc1. The molecule has 1 saturated heterocycles. The van der Waals surface area contributed by atoms with E-state index in [1.807, 2.05) is 41.3 Å². The predicted molar refractivity (Wildman–Crippen MR) is 122 cm³/mol. The Hall–Kier alpha value is -3.41. The van der Waals surface area contributed by atoms with Gasteiger partial charge in [-0.3, -0.25) is 4.79 Å². The van der Waals surface area contributed by atoms with Gasteiger partial charge in [0, 0.05) is 38.2 Å². The van der Waals surface area contributed by atoms with Crippen LogP contribution in [0.3, 0.4) is 0 Å². The zero-order chi connectivity index (χ0) is 21.6. The highest BCUT2D eigenvalue weighted by molar-refractivity contribution is 5.76. The van der Waals surface area contributed by atoms with Gasteiger partial charge < -0.3 is 14.5 Å². The number of nitrogens with zero attached hydrogens (tertiary/aromatic N) is 4. The first-order chi connectivity index (χ1) is 15.1. The number of piperazine rings is 1. The molecule has 31 heavy (non-hydrogen) atoms. The lowest BCUT2D eigenvalue weighted by molar-refractivity contribution is -0.131. The second-order valence-electron chi connectivity index (χ2n) is 7.86. The van der Waals surface area contributed by atoms with Crippen molar-refractivity contribution < 1.29 is 9.53 Å². The molecular weight excluding hydrogens is 388 g/mol. The molecular formula is C25H28N4O2. The Kier molecular flexibility index (Phi) is 6.46. The van der Waals surface area contributed by atoms with E-state index in [2.05, 4.69) is 46.3 Å². The van der Waals surface area contributed by atoms with Crippen molar-refractivity contribution >= 4 is 11.7 Å². The van der Waals surface area contributed by atoms with Crippen LogP contribution in [0.15, 0.2) is 60.7 Å². The van der Waals surface area contributed by atoms with Gasteiger partial charge in [-0.2, -0.15) is 0 Å². The Bertz CT molecular complexity index is 993. The maximum atomic E-state index is 12.6. The van der Waals surface area contributed by atoms with Gasteiger partial charge in [-0.15, -0.1) is 10.2 Å². The number of amides is 1. The van der Waals surface area contributed by atoms with E-state index in [1.165, 1.54) is 5.56 Å². The van der Waals surface area contributed by atoms with E-state index < -0.39 is 0 Å². The fraction of sp³-hybridized carbons (Fsp3) is 0.320. The largest absolute Gasteiger partial charge is 0.497 e. The highest BCUT2D eigenvalue weighted by Crippen LogP contribution is 2.20. The van der Waals surface area contributed by atoms with E-state index >= 15 is 0 Å². The number of hydrogen-bond donors (Lipinski definition) is 0. The van der Waals surface area contributed by atoms with Gasteiger partial charge in [0.1, 0.15) is 5.75 Å². The molecule has 0 atom stereocenters. The van der Waals surface area contributed by atoms with Crippen molar-refractivity contribution in [2.24, 2.45) is 0 Å². The smallest absolute Gasteiger partial charge is 0.223 e. The van der Waals surface area contributed by atoms with E-state index in [0.29, 0.717) is 19.5 Å². The molecule has 160 valence electrons. The highest BCUT2D eigenvalue weighted by atomic mass is 16.5. The fourth-order valence-corrected chi connectivity index (χ4v) is 3.76. The van der Waals surface area contributed by atoms with Crippen molar-refractivity contribution in [1.82, 2.24) is 15.1 Å². The number of anilines is 1. The molecule has 0 spiro atoms. The summed E-state index contributed by atoms with van der Waals surface area (Å²) >= 11 is 0. The van der Waals surface area contributed by atoms with Crippen LogP contribution >= 0.6 is 0 Å². The first kappa shape index (κ1) is 20.8. The second-order valence-corrected chi connectivity index (χ2v) is 7.86. The number of benzene rings is 2. The maximum absolute atomic E-state index is 12.6. The van der Waals surface area contributed by atoms with Gasteiger partial charge in [0.25, 0.3) is 0 Å². The fourth-order valence-electron chi connectivity index (χ4n) is 3.76. The summed E-state index contributed by atoms with van der Waals surface area (Å²) in [5, 5.41) is 8.83. The molecule has 1 aromatic heterocycles. The van der Waals surface area contributed by atoms with Gasteiger partial charge in [0.15, 0.2) is 5.82 Å². The summed E-state index contributed by atoms with van der Waals surface area (Å²) in [6.07, 6.45) is 1.27. The molecule has 0 bridgehead atoms. The van der Waals surface area contributed by atoms with Crippen LogP contribution in [0.5, 0.6) is 5.75 Å². The van der Waals surface area contributed by atoms with Gasteiger partial charge >= 0.3 is 0 Å². The van der Waals surface area contributed by atoms with Crippen LogP contribution < -0.4 is 9.64 Å². The van der Waals surface area contributed by atoms with Crippen LogP contribution in [0.1, 0.15) is 17.5 Å². The molecule has 1 aliphatic rings. The zero-order valence-electron chi connectivity index (χ0n) is 18.1. The molecule has 0 radical (unpaired) electrons. The van der Waals surface area contributed by atoms with E-state index in [9.17, 15) is 4.79 Å². The molecule has 6 heteroatoms. The van der Waals surface area contributed by atoms with Gasteiger partial charge in [0.2, 0.25) is 5.91 Å². The van der Waals surface area contributed by atoms with E-state index in [-0.39, 0.29) is 5.91 Å². The number of aromatic nitrogens is 2. The third-order valence-corrected chi connectivity index (χ3v) is 5.74. The minimum atomic E-state index is 0.205. The molecule has 1 fully saturated rings. The normalized spacial score (nSPS) is 13.9. The van der Waals surface area contributed by atoms with E-state index in [0.717, 1.165) is 47.9 Å². The van der Waals surface area contributed by atoms with Crippen molar-refractivity contribution in [1.29, 1.82) is 0 Å². The molecule has 0 saturated carbocycles. The van der Waals surface area contributed by atoms with Crippen molar-refractivity contribution in [3.05, 3.63) is 71.8 Å². The third kappa shape index (κ3) is 5.20. The van der Waals surface area contributed by atoms with Gasteiger partial charge in [-0.05, 0) is 43.2 Å². The van der Waals surface area contributed by atoms with Crippen molar-refractivity contribution in [2.75, 3.05) is 38.2 Å². The number of aryl methyl sites for hydroxylation is 2.